The van der Waals surface area contributed by atoms with Gasteiger partial charge in [0, 0.05) is 6.42 Å². The highest BCUT2D eigenvalue weighted by molar-refractivity contribution is 5.76. The quantitative estimate of drug-likeness (QED) is 0.0261. The summed E-state index contributed by atoms with van der Waals surface area (Å²) in [6.07, 6.45) is 61.7. The normalized spacial score (nSPS) is 20.1. The van der Waals surface area contributed by atoms with Gasteiger partial charge >= 0.3 is 0 Å². The summed E-state index contributed by atoms with van der Waals surface area (Å²) in [6, 6.07) is -0.736. The van der Waals surface area contributed by atoms with Gasteiger partial charge in [-0.15, -0.1) is 0 Å². The fourth-order valence-electron chi connectivity index (χ4n) is 8.55. The van der Waals surface area contributed by atoms with E-state index < -0.39 is 49.5 Å². The number of unbranched alkanes of at least 4 members (excludes halogenated alkanes) is 23. The van der Waals surface area contributed by atoms with Crippen molar-refractivity contribution >= 4 is 5.91 Å². The van der Waals surface area contributed by atoms with Crippen LogP contribution in [-0.2, 0) is 14.3 Å². The maximum absolute atomic E-state index is 13.1. The highest BCUT2D eigenvalue weighted by Gasteiger charge is 2.44. The molecule has 0 aromatic carbocycles. The zero-order valence-corrected chi connectivity index (χ0v) is 44.0. The van der Waals surface area contributed by atoms with E-state index in [2.05, 4.69) is 104 Å². The molecule has 1 amide bonds. The first-order valence-electron chi connectivity index (χ1n) is 28.3. The topological polar surface area (TPSA) is 149 Å². The second-order valence-electron chi connectivity index (χ2n) is 19.4. The van der Waals surface area contributed by atoms with Crippen LogP contribution in [0.1, 0.15) is 232 Å². The number of ether oxygens (including phenoxy) is 2. The number of rotatable bonds is 47. The minimum Gasteiger partial charge on any atom is -0.394 e. The number of nitrogens with one attached hydrogen (secondary N) is 1. The predicted octanol–water partition coefficient (Wildman–Crippen LogP) is 13.8. The summed E-state index contributed by atoms with van der Waals surface area (Å²) in [5, 5.41) is 54.7. The predicted molar refractivity (Wildman–Crippen MR) is 290 cm³/mol. The maximum Gasteiger partial charge on any atom is 0.220 e. The molecule has 0 aromatic heterocycles. The number of amides is 1. The molecule has 1 aliphatic rings. The summed E-state index contributed by atoms with van der Waals surface area (Å²) >= 11 is 0. The van der Waals surface area contributed by atoms with E-state index in [4.69, 9.17) is 9.47 Å². The van der Waals surface area contributed by atoms with Crippen molar-refractivity contribution in [3.63, 3.8) is 0 Å². The molecule has 0 bridgehead atoms. The van der Waals surface area contributed by atoms with Gasteiger partial charge in [0.2, 0.25) is 5.91 Å². The van der Waals surface area contributed by atoms with Crippen LogP contribution >= 0.6 is 0 Å². The third-order valence-electron chi connectivity index (χ3n) is 13.0. The summed E-state index contributed by atoms with van der Waals surface area (Å²) < 4.78 is 11.3. The number of aliphatic hydroxyl groups is 5. The third kappa shape index (κ3) is 38.7. The molecule has 1 heterocycles. The Morgan fingerprint density at radius 2 is 0.899 bits per heavy atom. The van der Waals surface area contributed by atoms with E-state index in [9.17, 15) is 30.3 Å². The van der Waals surface area contributed by atoms with Crippen LogP contribution in [0.3, 0.4) is 0 Å². The molecule has 6 N–H and O–H groups in total. The Hall–Kier alpha value is -2.63. The van der Waals surface area contributed by atoms with Crippen molar-refractivity contribution in [2.45, 2.75) is 275 Å². The van der Waals surface area contributed by atoms with Crippen LogP contribution in [0.25, 0.3) is 0 Å². The molecule has 1 aliphatic heterocycles. The van der Waals surface area contributed by atoms with Crippen molar-refractivity contribution < 1.29 is 39.8 Å². The Labute approximate surface area is 422 Å². The van der Waals surface area contributed by atoms with E-state index in [-0.39, 0.29) is 12.5 Å². The molecule has 0 radical (unpaired) electrons. The van der Waals surface area contributed by atoms with Gasteiger partial charge in [0.15, 0.2) is 6.29 Å². The number of hydrogen-bond donors (Lipinski definition) is 6. The van der Waals surface area contributed by atoms with Gasteiger partial charge in [-0.05, 0) is 70.6 Å². The lowest BCUT2D eigenvalue weighted by Crippen LogP contribution is -2.60. The molecular weight excluding hydrogens is 863 g/mol. The Morgan fingerprint density at radius 3 is 1.33 bits per heavy atom. The number of allylic oxidation sites excluding steroid dienone is 14. The molecule has 398 valence electrons. The van der Waals surface area contributed by atoms with Crippen LogP contribution in [-0.4, -0.2) is 87.5 Å². The zero-order valence-electron chi connectivity index (χ0n) is 44.0. The van der Waals surface area contributed by atoms with Gasteiger partial charge in [0.1, 0.15) is 24.4 Å². The molecule has 1 rings (SSSR count). The first-order valence-corrected chi connectivity index (χ1v) is 28.3. The van der Waals surface area contributed by atoms with Gasteiger partial charge in [0.25, 0.3) is 0 Å². The lowest BCUT2D eigenvalue weighted by molar-refractivity contribution is -0.302. The number of aliphatic hydroxyl groups excluding tert-OH is 5. The Bertz CT molecular complexity index is 1350. The van der Waals surface area contributed by atoms with Gasteiger partial charge in [-0.25, -0.2) is 0 Å². The van der Waals surface area contributed by atoms with Gasteiger partial charge in [-0.2, -0.15) is 0 Å². The fraction of sp³-hybridized carbons (Fsp3) is 0.750. The molecule has 69 heavy (non-hydrogen) atoms. The van der Waals surface area contributed by atoms with Gasteiger partial charge < -0.3 is 40.3 Å². The van der Waals surface area contributed by atoms with Gasteiger partial charge in [0.05, 0.1) is 25.4 Å². The SMILES string of the molecule is CC/C=C\C/C=C\C/C=C\C/C=C\C/C=C\C/C=C\C/C=C\CCCCCCCC(=O)NC(COC1OC(CO)C(O)C(O)C1O)C(O)CCCCCCCCCCCCCCCCCCCCC. The molecule has 0 saturated carbocycles. The van der Waals surface area contributed by atoms with E-state index in [0.717, 1.165) is 103 Å². The Morgan fingerprint density at radius 1 is 0.507 bits per heavy atom. The third-order valence-corrected chi connectivity index (χ3v) is 13.0. The molecule has 1 saturated heterocycles. The Kier molecular flexibility index (Phi) is 45.7. The first kappa shape index (κ1) is 64.4. The largest absolute Gasteiger partial charge is 0.394 e. The van der Waals surface area contributed by atoms with Crippen LogP contribution < -0.4 is 5.32 Å². The van der Waals surface area contributed by atoms with Crippen molar-refractivity contribution in [1.29, 1.82) is 0 Å². The lowest BCUT2D eigenvalue weighted by Gasteiger charge is -2.40. The van der Waals surface area contributed by atoms with Crippen molar-refractivity contribution in [3.8, 4) is 0 Å². The van der Waals surface area contributed by atoms with E-state index in [1.807, 2.05) is 0 Å². The van der Waals surface area contributed by atoms with E-state index in [1.54, 1.807) is 0 Å². The van der Waals surface area contributed by atoms with Crippen LogP contribution in [0.4, 0.5) is 0 Å². The summed E-state index contributed by atoms with van der Waals surface area (Å²) in [6.45, 7) is 3.72. The summed E-state index contributed by atoms with van der Waals surface area (Å²) in [5.41, 5.74) is 0. The number of carbonyl (C=O) groups excluding carboxylic acids is 1. The minimum absolute atomic E-state index is 0.150. The van der Waals surface area contributed by atoms with Crippen molar-refractivity contribution in [3.05, 3.63) is 85.1 Å². The average molecular weight is 968 g/mol. The summed E-state index contributed by atoms with van der Waals surface area (Å²) in [4.78, 5) is 13.1. The molecule has 7 unspecified atom stereocenters. The van der Waals surface area contributed by atoms with E-state index in [0.29, 0.717) is 12.8 Å². The lowest BCUT2D eigenvalue weighted by atomic mass is 9.99. The highest BCUT2D eigenvalue weighted by atomic mass is 16.7. The molecule has 0 aromatic rings. The van der Waals surface area contributed by atoms with Gasteiger partial charge in [-0.3, -0.25) is 4.79 Å². The monoisotopic (exact) mass is 968 g/mol. The maximum atomic E-state index is 13.1. The smallest absolute Gasteiger partial charge is 0.220 e. The fourth-order valence-corrected chi connectivity index (χ4v) is 8.55. The summed E-state index contributed by atoms with van der Waals surface area (Å²) in [5.74, 6) is -0.165. The van der Waals surface area contributed by atoms with E-state index in [1.165, 1.54) is 103 Å². The first-order chi connectivity index (χ1) is 33.8. The second-order valence-corrected chi connectivity index (χ2v) is 19.4. The standard InChI is InChI=1S/C60H105NO8/c1-3-5-7-9-11-13-15-17-19-21-23-24-25-26-27-28-29-30-32-34-36-38-40-42-44-46-48-50-56(64)61-53(52-68-60-59(67)58(66)57(65)55(51-62)69-60)54(63)49-47-45-43-41-39-37-35-33-31-22-20-18-16-14-12-10-8-6-4-2/h5,7,11,13,17,19,23-24,26-27,29-30,34,36,53-55,57-60,62-63,65-67H,3-4,6,8-10,12,14-16,18,20-22,25,28,31-33,35,37-52H2,1-2H3,(H,61,64)/b7-5-,13-11-,19-17-,24-23-,27-26-,30-29-,36-34-. The van der Waals surface area contributed by atoms with Crippen LogP contribution in [0.5, 0.6) is 0 Å². The molecule has 0 aliphatic carbocycles. The van der Waals surface area contributed by atoms with Crippen LogP contribution in [0, 0.1) is 0 Å². The number of hydrogen-bond acceptors (Lipinski definition) is 8. The van der Waals surface area contributed by atoms with Gasteiger partial charge in [-0.1, -0.05) is 240 Å². The van der Waals surface area contributed by atoms with Crippen LogP contribution in [0.2, 0.25) is 0 Å². The van der Waals surface area contributed by atoms with Crippen LogP contribution in [0.15, 0.2) is 85.1 Å². The van der Waals surface area contributed by atoms with Crippen molar-refractivity contribution in [2.24, 2.45) is 0 Å². The molecule has 0 spiro atoms. The molecule has 9 nitrogen and oxygen atoms in total. The van der Waals surface area contributed by atoms with E-state index >= 15 is 0 Å². The van der Waals surface area contributed by atoms with Crippen molar-refractivity contribution in [1.82, 2.24) is 5.32 Å². The summed E-state index contributed by atoms with van der Waals surface area (Å²) in [7, 11) is 0. The molecule has 9 heteroatoms. The number of carbonyl (C=O) groups is 1. The molecule has 7 atom stereocenters. The van der Waals surface area contributed by atoms with Crippen molar-refractivity contribution in [2.75, 3.05) is 13.2 Å². The Balaban J connectivity index is 2.26. The highest BCUT2D eigenvalue weighted by Crippen LogP contribution is 2.23. The second kappa shape index (κ2) is 49.0. The minimum atomic E-state index is -1.56. The molecular formula is C60H105NO8. The molecule has 1 fully saturated rings. The average Bonchev–Trinajstić information content (AvgIpc) is 3.35. The zero-order chi connectivity index (χ0) is 50.1.